The van der Waals surface area contributed by atoms with Crippen LogP contribution in [0, 0.1) is 5.92 Å². The van der Waals surface area contributed by atoms with E-state index in [1.807, 2.05) is 11.8 Å². The lowest BCUT2D eigenvalue weighted by atomic mass is 9.81. The Labute approximate surface area is 215 Å². The number of nitrogens with zero attached hydrogens (tertiary/aromatic N) is 1. The summed E-state index contributed by atoms with van der Waals surface area (Å²) in [5, 5.41) is 21.3. The predicted octanol–water partition coefficient (Wildman–Crippen LogP) is 5.33. The molecule has 2 aliphatic rings. The summed E-state index contributed by atoms with van der Waals surface area (Å²) in [6, 6.07) is 8.41. The van der Waals surface area contributed by atoms with Crippen molar-refractivity contribution >= 4 is 34.7 Å². The zero-order valence-electron chi connectivity index (χ0n) is 20.4. The molecule has 1 aromatic carbocycles. The number of carbonyl (C=O) groups is 2. The Hall–Kier alpha value is -1.58. The van der Waals surface area contributed by atoms with Gasteiger partial charge in [0.25, 0.3) is 0 Å². The van der Waals surface area contributed by atoms with Crippen molar-refractivity contribution in [2.75, 3.05) is 13.2 Å². The van der Waals surface area contributed by atoms with Crippen molar-refractivity contribution in [3.63, 3.8) is 0 Å². The van der Waals surface area contributed by atoms with Gasteiger partial charge in [0, 0.05) is 48.3 Å². The van der Waals surface area contributed by atoms with Crippen LogP contribution in [0.1, 0.15) is 91.1 Å². The summed E-state index contributed by atoms with van der Waals surface area (Å²) < 4.78 is 5.50. The highest BCUT2D eigenvalue weighted by Crippen LogP contribution is 2.40. The SMILES string of the molecule is CC(C)(O)C(O)c1cnc(C(=O)CCC(=O)C(CC2CCOCC2)c2ccc(SC3CC3)cc2)s1. The minimum Gasteiger partial charge on any atom is -0.387 e. The predicted molar refractivity (Wildman–Crippen MR) is 138 cm³/mol. The molecule has 2 aromatic rings. The van der Waals surface area contributed by atoms with Crippen LogP contribution >= 0.6 is 23.1 Å². The summed E-state index contributed by atoms with van der Waals surface area (Å²) >= 11 is 2.98. The highest BCUT2D eigenvalue weighted by molar-refractivity contribution is 8.00. The van der Waals surface area contributed by atoms with Crippen molar-refractivity contribution in [2.24, 2.45) is 5.92 Å². The Balaban J connectivity index is 1.40. The zero-order valence-corrected chi connectivity index (χ0v) is 22.1. The van der Waals surface area contributed by atoms with Gasteiger partial charge in [0.05, 0.1) is 10.5 Å². The standard InChI is InChI=1S/C27H35NO5S2/c1-27(2,32)25(31)24-16-28-26(35-24)23(30)10-9-22(29)21(15-17-11-13-33-14-12-17)18-3-5-19(6-4-18)34-20-7-8-20/h3-6,16-17,20-21,25,31-32H,7-15H2,1-2H3. The Morgan fingerprint density at radius 3 is 2.46 bits per heavy atom. The lowest BCUT2D eigenvalue weighted by molar-refractivity contribution is -0.121. The van der Waals surface area contributed by atoms with Gasteiger partial charge in [0.1, 0.15) is 11.9 Å². The van der Waals surface area contributed by atoms with Crippen LogP contribution in [-0.4, -0.2) is 50.8 Å². The fourth-order valence-electron chi connectivity index (χ4n) is 4.33. The molecule has 2 atom stereocenters. The summed E-state index contributed by atoms with van der Waals surface area (Å²) in [7, 11) is 0. The van der Waals surface area contributed by atoms with E-state index in [1.165, 1.54) is 37.8 Å². The monoisotopic (exact) mass is 517 g/mol. The molecule has 190 valence electrons. The van der Waals surface area contributed by atoms with E-state index in [9.17, 15) is 19.8 Å². The van der Waals surface area contributed by atoms with Crippen LogP contribution in [0.15, 0.2) is 35.4 Å². The van der Waals surface area contributed by atoms with Gasteiger partial charge >= 0.3 is 0 Å². The van der Waals surface area contributed by atoms with Gasteiger partial charge in [-0.05, 0) is 69.6 Å². The fraction of sp³-hybridized carbons (Fsp3) is 0.593. The molecular weight excluding hydrogens is 482 g/mol. The van der Waals surface area contributed by atoms with Crippen LogP contribution in [0.25, 0.3) is 0 Å². The minimum atomic E-state index is -1.33. The maximum Gasteiger partial charge on any atom is 0.191 e. The molecule has 2 fully saturated rings. The Bertz CT molecular complexity index is 1000. The van der Waals surface area contributed by atoms with E-state index in [1.54, 1.807) is 0 Å². The van der Waals surface area contributed by atoms with Crippen molar-refractivity contribution in [2.45, 2.75) is 86.6 Å². The maximum absolute atomic E-state index is 13.4. The second-order valence-electron chi connectivity index (χ2n) is 10.2. The molecule has 1 aliphatic heterocycles. The maximum atomic E-state index is 13.4. The van der Waals surface area contributed by atoms with Crippen molar-refractivity contribution < 1.29 is 24.5 Å². The van der Waals surface area contributed by atoms with Crippen LogP contribution in [0.3, 0.4) is 0 Å². The molecule has 4 rings (SSSR count). The van der Waals surface area contributed by atoms with Gasteiger partial charge < -0.3 is 14.9 Å². The number of aliphatic hydroxyl groups excluding tert-OH is 1. The minimum absolute atomic E-state index is 0.0840. The van der Waals surface area contributed by atoms with Gasteiger partial charge in [0.15, 0.2) is 10.8 Å². The van der Waals surface area contributed by atoms with Crippen LogP contribution in [0.4, 0.5) is 0 Å². The van der Waals surface area contributed by atoms with E-state index in [0.29, 0.717) is 10.8 Å². The molecule has 0 bridgehead atoms. The number of carbonyl (C=O) groups excluding carboxylic acids is 2. The molecule has 1 saturated carbocycles. The smallest absolute Gasteiger partial charge is 0.191 e. The number of thiazole rings is 1. The number of ether oxygens (including phenoxy) is 1. The molecule has 2 unspecified atom stereocenters. The summed E-state index contributed by atoms with van der Waals surface area (Å²) in [4.78, 5) is 32.0. The number of hydrogen-bond donors (Lipinski definition) is 2. The number of hydrogen-bond acceptors (Lipinski definition) is 8. The first-order chi connectivity index (χ1) is 16.7. The van der Waals surface area contributed by atoms with E-state index in [4.69, 9.17) is 4.74 Å². The highest BCUT2D eigenvalue weighted by Gasteiger charge is 2.30. The lowest BCUT2D eigenvalue weighted by Crippen LogP contribution is -2.27. The Kier molecular flexibility index (Phi) is 8.81. The molecule has 6 nitrogen and oxygen atoms in total. The van der Waals surface area contributed by atoms with Crippen molar-refractivity contribution in [3.8, 4) is 0 Å². The molecular formula is C27H35NO5S2. The second kappa shape index (κ2) is 11.6. The number of benzene rings is 1. The van der Waals surface area contributed by atoms with Crippen molar-refractivity contribution in [1.82, 2.24) is 4.98 Å². The largest absolute Gasteiger partial charge is 0.387 e. The second-order valence-corrected chi connectivity index (χ2v) is 12.7. The van der Waals surface area contributed by atoms with Gasteiger partial charge in [-0.3, -0.25) is 9.59 Å². The molecule has 8 heteroatoms. The van der Waals surface area contributed by atoms with Gasteiger partial charge in [-0.1, -0.05) is 12.1 Å². The molecule has 0 radical (unpaired) electrons. The topological polar surface area (TPSA) is 96.7 Å². The number of aliphatic hydroxyl groups is 2. The van der Waals surface area contributed by atoms with E-state index < -0.39 is 11.7 Å². The number of rotatable bonds is 12. The molecule has 2 heterocycles. The molecule has 1 aromatic heterocycles. The van der Waals surface area contributed by atoms with Crippen LogP contribution < -0.4 is 0 Å². The zero-order chi connectivity index (χ0) is 25.0. The summed E-state index contributed by atoms with van der Waals surface area (Å²) in [6.07, 6.45) is 5.83. The van der Waals surface area contributed by atoms with E-state index in [0.717, 1.165) is 54.6 Å². The third kappa shape index (κ3) is 7.46. The van der Waals surface area contributed by atoms with Gasteiger partial charge in [0.2, 0.25) is 0 Å². The fourth-order valence-corrected chi connectivity index (χ4v) is 6.43. The third-order valence-corrected chi connectivity index (χ3v) is 9.15. The first-order valence-electron chi connectivity index (χ1n) is 12.5. The quantitative estimate of drug-likeness (QED) is 0.367. The molecule has 0 amide bonds. The Morgan fingerprint density at radius 2 is 1.83 bits per heavy atom. The number of Topliss-reactive ketones (excluding diaryl/α,β-unsaturated/α-hetero) is 2. The number of thioether (sulfide) groups is 1. The molecule has 1 aliphatic carbocycles. The number of ketones is 2. The van der Waals surface area contributed by atoms with Crippen LogP contribution in [-0.2, 0) is 9.53 Å². The Morgan fingerprint density at radius 1 is 1.14 bits per heavy atom. The van der Waals surface area contributed by atoms with Crippen molar-refractivity contribution in [1.29, 1.82) is 0 Å². The molecule has 1 saturated heterocycles. The van der Waals surface area contributed by atoms with Crippen LogP contribution in [0.5, 0.6) is 0 Å². The molecule has 0 spiro atoms. The average Bonchev–Trinajstić information content (AvgIpc) is 3.52. The van der Waals surface area contributed by atoms with E-state index in [2.05, 4.69) is 29.2 Å². The first-order valence-corrected chi connectivity index (χ1v) is 14.2. The first kappa shape index (κ1) is 26.5. The summed E-state index contributed by atoms with van der Waals surface area (Å²) in [5.41, 5.74) is -0.300. The highest BCUT2D eigenvalue weighted by atomic mass is 32.2. The summed E-state index contributed by atoms with van der Waals surface area (Å²) in [6.45, 7) is 4.49. The van der Waals surface area contributed by atoms with E-state index >= 15 is 0 Å². The third-order valence-electron chi connectivity index (χ3n) is 6.71. The van der Waals surface area contributed by atoms with Crippen molar-refractivity contribution in [3.05, 3.63) is 45.9 Å². The molecule has 2 N–H and O–H groups in total. The summed E-state index contributed by atoms with van der Waals surface area (Å²) in [5.74, 6) is 0.0905. The van der Waals surface area contributed by atoms with E-state index in [-0.39, 0.29) is 35.3 Å². The molecule has 35 heavy (non-hydrogen) atoms. The normalized spacial score (nSPS) is 18.9. The van der Waals surface area contributed by atoms with Gasteiger partial charge in [-0.2, -0.15) is 0 Å². The van der Waals surface area contributed by atoms with Gasteiger partial charge in [-0.25, -0.2) is 4.98 Å². The lowest BCUT2D eigenvalue weighted by Gasteiger charge is -2.26. The van der Waals surface area contributed by atoms with Gasteiger partial charge in [-0.15, -0.1) is 23.1 Å². The van der Waals surface area contributed by atoms with Crippen LogP contribution in [0.2, 0.25) is 0 Å². The number of aromatic nitrogens is 1. The average molecular weight is 518 g/mol.